The molecule has 0 saturated carbocycles. The van der Waals surface area contributed by atoms with Crippen molar-refractivity contribution in [2.45, 2.75) is 59.3 Å². The number of rotatable bonds is 4. The quantitative estimate of drug-likeness (QED) is 0.896. The Bertz CT molecular complexity index is 404. The van der Waals surface area contributed by atoms with E-state index < -0.39 is 0 Å². The zero-order valence-electron chi connectivity index (χ0n) is 12.8. The molecule has 0 saturated heterocycles. The minimum atomic E-state index is 0.170. The summed E-state index contributed by atoms with van der Waals surface area (Å²) in [7, 11) is 0. The fraction of sp³-hybridized carbons (Fsp3) is 0.857. The van der Waals surface area contributed by atoms with Gasteiger partial charge in [0.05, 0.1) is 6.54 Å². The molecule has 2 rings (SSSR count). The minimum absolute atomic E-state index is 0.170. The van der Waals surface area contributed by atoms with Crippen molar-refractivity contribution in [1.29, 1.82) is 0 Å². The van der Waals surface area contributed by atoms with Gasteiger partial charge in [-0.05, 0) is 26.7 Å². The van der Waals surface area contributed by atoms with Crippen molar-refractivity contribution in [3.05, 3.63) is 12.2 Å². The Labute approximate surface area is 116 Å². The number of aromatic nitrogens is 3. The van der Waals surface area contributed by atoms with Gasteiger partial charge in [0.25, 0.3) is 0 Å². The van der Waals surface area contributed by atoms with Gasteiger partial charge in [-0.15, -0.1) is 10.2 Å². The molecule has 1 N–H and O–H groups in total. The van der Waals surface area contributed by atoms with Gasteiger partial charge < -0.3 is 9.88 Å². The highest BCUT2D eigenvalue weighted by Crippen LogP contribution is 2.18. The van der Waals surface area contributed by atoms with Crippen molar-refractivity contribution in [3.63, 3.8) is 0 Å². The molecule has 1 aliphatic heterocycles. The summed E-state index contributed by atoms with van der Waals surface area (Å²) < 4.78 is 2.16. The maximum atomic E-state index is 4.21. The molecule has 5 heteroatoms. The molecular weight excluding hydrogens is 238 g/mol. The lowest BCUT2D eigenvalue weighted by molar-refractivity contribution is 0.111. The van der Waals surface area contributed by atoms with E-state index in [1.807, 2.05) is 6.33 Å². The lowest BCUT2D eigenvalue weighted by Gasteiger charge is -2.38. The minimum Gasteiger partial charge on any atom is -0.315 e. The monoisotopic (exact) mass is 265 g/mol. The topological polar surface area (TPSA) is 46.0 Å². The average Bonchev–Trinajstić information content (AvgIpc) is 2.74. The maximum Gasteiger partial charge on any atom is 0.147 e. The van der Waals surface area contributed by atoms with E-state index in [1.54, 1.807) is 0 Å². The molecule has 0 fully saturated rings. The first-order chi connectivity index (χ1) is 8.87. The number of nitrogens with zero attached hydrogens (tertiary/aromatic N) is 4. The Morgan fingerprint density at radius 1 is 1.32 bits per heavy atom. The van der Waals surface area contributed by atoms with Gasteiger partial charge in [-0.25, -0.2) is 0 Å². The first-order valence-corrected chi connectivity index (χ1v) is 7.22. The Hall–Kier alpha value is -0.940. The summed E-state index contributed by atoms with van der Waals surface area (Å²) in [6.07, 6.45) is 1.84. The van der Waals surface area contributed by atoms with Crippen LogP contribution in [0, 0.1) is 5.92 Å². The second-order valence-electron chi connectivity index (χ2n) is 6.85. The van der Waals surface area contributed by atoms with Crippen LogP contribution >= 0.6 is 0 Å². The van der Waals surface area contributed by atoms with Crippen LogP contribution in [0.2, 0.25) is 0 Å². The molecule has 0 aromatic carbocycles. The number of hydrogen-bond acceptors (Lipinski definition) is 4. The predicted octanol–water partition coefficient (Wildman–Crippen LogP) is 1.51. The molecule has 0 radical (unpaired) electrons. The zero-order valence-corrected chi connectivity index (χ0v) is 12.8. The van der Waals surface area contributed by atoms with Crippen LogP contribution in [-0.4, -0.2) is 44.3 Å². The van der Waals surface area contributed by atoms with E-state index in [9.17, 15) is 0 Å². The maximum absolute atomic E-state index is 4.21. The SMILES string of the molecule is CC(C)C(CNC(C)(C)C)N1CCn2cnnc2C1. The van der Waals surface area contributed by atoms with Crippen molar-refractivity contribution in [2.24, 2.45) is 5.92 Å². The van der Waals surface area contributed by atoms with Crippen LogP contribution in [-0.2, 0) is 13.1 Å². The molecule has 1 aliphatic rings. The highest BCUT2D eigenvalue weighted by Gasteiger charge is 2.27. The molecule has 2 heterocycles. The van der Waals surface area contributed by atoms with E-state index in [0.717, 1.165) is 32.0 Å². The van der Waals surface area contributed by atoms with Gasteiger partial charge >= 0.3 is 0 Å². The molecule has 1 aromatic rings. The third-order valence-electron chi connectivity index (χ3n) is 3.75. The Kier molecular flexibility index (Phi) is 4.26. The van der Waals surface area contributed by atoms with Gasteiger partial charge in [0.2, 0.25) is 0 Å². The molecule has 19 heavy (non-hydrogen) atoms. The van der Waals surface area contributed by atoms with Crippen LogP contribution in [0.15, 0.2) is 6.33 Å². The van der Waals surface area contributed by atoms with Gasteiger partial charge in [-0.2, -0.15) is 0 Å². The molecule has 1 atom stereocenters. The largest absolute Gasteiger partial charge is 0.315 e. The fourth-order valence-electron chi connectivity index (χ4n) is 2.57. The fourth-order valence-corrected chi connectivity index (χ4v) is 2.57. The van der Waals surface area contributed by atoms with Gasteiger partial charge in [0.15, 0.2) is 0 Å². The van der Waals surface area contributed by atoms with E-state index in [4.69, 9.17) is 0 Å². The van der Waals surface area contributed by atoms with Crippen LogP contribution in [0.1, 0.15) is 40.4 Å². The zero-order chi connectivity index (χ0) is 14.0. The van der Waals surface area contributed by atoms with E-state index in [1.165, 1.54) is 0 Å². The number of nitrogens with one attached hydrogen (secondary N) is 1. The smallest absolute Gasteiger partial charge is 0.147 e. The van der Waals surface area contributed by atoms with E-state index in [0.29, 0.717) is 12.0 Å². The van der Waals surface area contributed by atoms with E-state index in [2.05, 4.69) is 59.6 Å². The lowest BCUT2D eigenvalue weighted by Crippen LogP contribution is -2.51. The van der Waals surface area contributed by atoms with Gasteiger partial charge in [0.1, 0.15) is 12.2 Å². The van der Waals surface area contributed by atoms with Crippen molar-refractivity contribution in [2.75, 3.05) is 13.1 Å². The average molecular weight is 265 g/mol. The molecule has 5 nitrogen and oxygen atoms in total. The highest BCUT2D eigenvalue weighted by atomic mass is 15.3. The molecule has 0 bridgehead atoms. The first-order valence-electron chi connectivity index (χ1n) is 7.22. The summed E-state index contributed by atoms with van der Waals surface area (Å²) in [5, 5.41) is 11.8. The van der Waals surface area contributed by atoms with Gasteiger partial charge in [-0.3, -0.25) is 4.90 Å². The van der Waals surface area contributed by atoms with Crippen LogP contribution in [0.3, 0.4) is 0 Å². The molecule has 1 unspecified atom stereocenters. The first kappa shape index (κ1) is 14.5. The van der Waals surface area contributed by atoms with Crippen molar-refractivity contribution in [3.8, 4) is 0 Å². The summed E-state index contributed by atoms with van der Waals surface area (Å²) in [5.41, 5.74) is 0.170. The van der Waals surface area contributed by atoms with Gasteiger partial charge in [-0.1, -0.05) is 13.8 Å². The number of fused-ring (bicyclic) bond motifs is 1. The Morgan fingerprint density at radius 2 is 2.05 bits per heavy atom. The lowest BCUT2D eigenvalue weighted by atomic mass is 10.00. The normalized spacial score (nSPS) is 18.6. The van der Waals surface area contributed by atoms with E-state index >= 15 is 0 Å². The summed E-state index contributed by atoms with van der Waals surface area (Å²) in [6.45, 7) is 15.3. The third-order valence-corrected chi connectivity index (χ3v) is 3.75. The number of hydrogen-bond donors (Lipinski definition) is 1. The second-order valence-corrected chi connectivity index (χ2v) is 6.85. The summed E-state index contributed by atoms with van der Waals surface area (Å²) in [6, 6.07) is 0.546. The van der Waals surface area contributed by atoms with Crippen LogP contribution in [0.5, 0.6) is 0 Å². The van der Waals surface area contributed by atoms with Crippen LogP contribution in [0.25, 0.3) is 0 Å². The summed E-state index contributed by atoms with van der Waals surface area (Å²) >= 11 is 0. The Balaban J connectivity index is 2.00. The molecule has 0 aliphatic carbocycles. The molecule has 1 aromatic heterocycles. The van der Waals surface area contributed by atoms with E-state index in [-0.39, 0.29) is 5.54 Å². The molecule has 0 spiro atoms. The molecular formula is C14H27N5. The van der Waals surface area contributed by atoms with Crippen LogP contribution in [0.4, 0.5) is 0 Å². The molecule has 108 valence electrons. The highest BCUT2D eigenvalue weighted by molar-refractivity contribution is 4.93. The van der Waals surface area contributed by atoms with Crippen molar-refractivity contribution < 1.29 is 0 Å². The molecule has 0 amide bonds. The second kappa shape index (κ2) is 5.59. The summed E-state index contributed by atoms with van der Waals surface area (Å²) in [5.74, 6) is 1.72. The predicted molar refractivity (Wildman–Crippen MR) is 76.8 cm³/mol. The summed E-state index contributed by atoms with van der Waals surface area (Å²) in [4.78, 5) is 2.54. The van der Waals surface area contributed by atoms with Crippen LogP contribution < -0.4 is 5.32 Å². The standard InChI is InChI=1S/C14H27N5/c1-11(2)12(8-15-14(3,4)5)18-6-7-19-10-16-17-13(19)9-18/h10-12,15H,6-9H2,1-5H3. The van der Waals surface area contributed by atoms with Crippen molar-refractivity contribution >= 4 is 0 Å². The Morgan fingerprint density at radius 3 is 2.68 bits per heavy atom. The van der Waals surface area contributed by atoms with Gasteiger partial charge in [0, 0.05) is 31.2 Å². The van der Waals surface area contributed by atoms with Crippen molar-refractivity contribution in [1.82, 2.24) is 25.0 Å². The third kappa shape index (κ3) is 3.76.